The number of likely N-dealkylation sites (N-methyl/N-ethyl adjacent to an activating group) is 1. The largest absolute Gasteiger partial charge is 0.465 e. The molecule has 0 saturated carbocycles. The normalized spacial score (nSPS) is 19.0. The Morgan fingerprint density at radius 2 is 2.39 bits per heavy atom. The molecule has 1 aromatic rings. The molecular formula is C13H17FN2O2. The van der Waals surface area contributed by atoms with Gasteiger partial charge in [0.15, 0.2) is 0 Å². The van der Waals surface area contributed by atoms with Gasteiger partial charge in [0, 0.05) is 25.8 Å². The molecule has 98 valence electrons. The van der Waals surface area contributed by atoms with Gasteiger partial charge in [0.05, 0.1) is 6.04 Å². The highest BCUT2D eigenvalue weighted by Gasteiger charge is 2.29. The van der Waals surface area contributed by atoms with Crippen LogP contribution in [0.3, 0.4) is 0 Å². The average Bonchev–Trinajstić information content (AvgIpc) is 2.77. The van der Waals surface area contributed by atoms with Crippen molar-refractivity contribution in [2.75, 3.05) is 25.0 Å². The highest BCUT2D eigenvalue weighted by Crippen LogP contribution is 2.21. The summed E-state index contributed by atoms with van der Waals surface area (Å²) in [6, 6.07) is 6.33. The number of carbonyl (C=O) groups is 1. The molecule has 5 heteroatoms. The summed E-state index contributed by atoms with van der Waals surface area (Å²) in [6.07, 6.45) is 0.894. The fourth-order valence-electron chi connectivity index (χ4n) is 2.41. The first-order valence-electron chi connectivity index (χ1n) is 6.04. The van der Waals surface area contributed by atoms with E-state index in [-0.39, 0.29) is 11.9 Å². The summed E-state index contributed by atoms with van der Waals surface area (Å²) in [4.78, 5) is 14.4. The molecule has 0 bridgehead atoms. The molecule has 1 aliphatic heterocycles. The smallest absolute Gasteiger partial charge is 0.407 e. The first-order chi connectivity index (χ1) is 8.58. The fourth-order valence-corrected chi connectivity index (χ4v) is 2.41. The second kappa shape index (κ2) is 5.25. The summed E-state index contributed by atoms with van der Waals surface area (Å²) in [6.45, 7) is 1.19. The van der Waals surface area contributed by atoms with Gasteiger partial charge in [0.1, 0.15) is 5.82 Å². The van der Waals surface area contributed by atoms with Crippen molar-refractivity contribution in [3.63, 3.8) is 0 Å². The highest BCUT2D eigenvalue weighted by molar-refractivity contribution is 5.66. The third kappa shape index (κ3) is 2.72. The molecule has 4 nitrogen and oxygen atoms in total. The maximum Gasteiger partial charge on any atom is 0.407 e. The summed E-state index contributed by atoms with van der Waals surface area (Å²) >= 11 is 0. The molecule has 0 spiro atoms. The second-order valence-electron chi connectivity index (χ2n) is 4.63. The van der Waals surface area contributed by atoms with E-state index in [0.29, 0.717) is 13.1 Å². The Morgan fingerprint density at radius 3 is 3.06 bits per heavy atom. The van der Waals surface area contributed by atoms with Crippen LogP contribution in [0.4, 0.5) is 14.9 Å². The molecule has 1 amide bonds. The van der Waals surface area contributed by atoms with E-state index >= 15 is 0 Å². The molecule has 0 aliphatic carbocycles. The topological polar surface area (TPSA) is 43.8 Å². The fraction of sp³-hybridized carbons (Fsp3) is 0.462. The molecule has 1 N–H and O–H groups in total. The zero-order valence-corrected chi connectivity index (χ0v) is 10.3. The molecule has 1 aliphatic rings. The number of amides is 1. The van der Waals surface area contributed by atoms with E-state index < -0.39 is 6.09 Å². The van der Waals surface area contributed by atoms with Crippen LogP contribution in [-0.4, -0.2) is 42.3 Å². The molecular weight excluding hydrogens is 235 g/mol. The third-order valence-corrected chi connectivity index (χ3v) is 3.36. The Balaban J connectivity index is 2.03. The second-order valence-corrected chi connectivity index (χ2v) is 4.63. The number of halogens is 1. The summed E-state index contributed by atoms with van der Waals surface area (Å²) in [5.41, 5.74) is 0.771. The lowest BCUT2D eigenvalue weighted by Gasteiger charge is -2.28. The molecule has 0 radical (unpaired) electrons. The number of likely N-dealkylation sites (tertiary alicyclic amines) is 1. The molecule has 1 aromatic carbocycles. The average molecular weight is 252 g/mol. The number of rotatable bonds is 3. The van der Waals surface area contributed by atoms with Crippen molar-refractivity contribution in [3.8, 4) is 0 Å². The molecule has 18 heavy (non-hydrogen) atoms. The first kappa shape index (κ1) is 12.7. The van der Waals surface area contributed by atoms with Crippen molar-refractivity contribution in [3.05, 3.63) is 30.1 Å². The standard InChI is InChI=1S/C13H17FN2O2/c1-15(11-5-2-4-10(14)8-11)9-12-6-3-7-16(12)13(17)18/h2,4-5,8,12H,3,6-7,9H2,1H3,(H,17,18)/t12-/m1/s1. The Morgan fingerprint density at radius 1 is 1.61 bits per heavy atom. The molecule has 1 fully saturated rings. The van der Waals surface area contributed by atoms with Gasteiger partial charge >= 0.3 is 6.09 Å². The van der Waals surface area contributed by atoms with Crippen LogP contribution in [0.1, 0.15) is 12.8 Å². The van der Waals surface area contributed by atoms with Crippen LogP contribution < -0.4 is 4.90 Å². The maximum absolute atomic E-state index is 13.1. The highest BCUT2D eigenvalue weighted by atomic mass is 19.1. The number of carboxylic acid groups (broad SMARTS) is 1. The predicted octanol–water partition coefficient (Wildman–Crippen LogP) is 2.40. The van der Waals surface area contributed by atoms with Crippen LogP contribution in [0.15, 0.2) is 24.3 Å². The van der Waals surface area contributed by atoms with Crippen molar-refractivity contribution < 1.29 is 14.3 Å². The van der Waals surface area contributed by atoms with Gasteiger partial charge in [0.25, 0.3) is 0 Å². The van der Waals surface area contributed by atoms with Gasteiger partial charge in [-0.05, 0) is 31.0 Å². The van der Waals surface area contributed by atoms with Gasteiger partial charge < -0.3 is 14.9 Å². The lowest BCUT2D eigenvalue weighted by atomic mass is 10.2. The Bertz CT molecular complexity index is 439. The van der Waals surface area contributed by atoms with Gasteiger partial charge in [-0.25, -0.2) is 9.18 Å². The molecule has 1 heterocycles. The minimum atomic E-state index is -0.870. The van der Waals surface area contributed by atoms with Gasteiger partial charge in [-0.1, -0.05) is 6.07 Å². The zero-order valence-electron chi connectivity index (χ0n) is 10.3. The van der Waals surface area contributed by atoms with Crippen LogP contribution >= 0.6 is 0 Å². The molecule has 0 aromatic heterocycles. The van der Waals surface area contributed by atoms with Crippen molar-refractivity contribution in [1.29, 1.82) is 0 Å². The van der Waals surface area contributed by atoms with Crippen LogP contribution in [0.25, 0.3) is 0 Å². The number of hydrogen-bond donors (Lipinski definition) is 1. The lowest BCUT2D eigenvalue weighted by Crippen LogP contribution is -2.41. The van der Waals surface area contributed by atoms with Crippen LogP contribution in [0.5, 0.6) is 0 Å². The molecule has 2 rings (SSSR count). The number of nitrogens with zero attached hydrogens (tertiary/aromatic N) is 2. The molecule has 1 atom stereocenters. The first-order valence-corrected chi connectivity index (χ1v) is 6.04. The van der Waals surface area contributed by atoms with Crippen LogP contribution in [0.2, 0.25) is 0 Å². The van der Waals surface area contributed by atoms with Crippen molar-refractivity contribution >= 4 is 11.8 Å². The lowest BCUT2D eigenvalue weighted by molar-refractivity contribution is 0.141. The monoisotopic (exact) mass is 252 g/mol. The van der Waals surface area contributed by atoms with Gasteiger partial charge in [-0.3, -0.25) is 0 Å². The summed E-state index contributed by atoms with van der Waals surface area (Å²) < 4.78 is 13.1. The van der Waals surface area contributed by atoms with E-state index in [9.17, 15) is 9.18 Å². The number of anilines is 1. The SMILES string of the molecule is CN(C[C@H]1CCCN1C(=O)O)c1cccc(F)c1. The Labute approximate surface area is 106 Å². The Hall–Kier alpha value is -1.78. The van der Waals surface area contributed by atoms with E-state index in [1.54, 1.807) is 6.07 Å². The van der Waals surface area contributed by atoms with Crippen LogP contribution in [-0.2, 0) is 0 Å². The summed E-state index contributed by atoms with van der Waals surface area (Å²) in [7, 11) is 1.85. The van der Waals surface area contributed by atoms with Crippen molar-refractivity contribution in [2.24, 2.45) is 0 Å². The minimum Gasteiger partial charge on any atom is -0.465 e. The van der Waals surface area contributed by atoms with Crippen LogP contribution in [0, 0.1) is 5.82 Å². The quantitative estimate of drug-likeness (QED) is 0.898. The van der Waals surface area contributed by atoms with Gasteiger partial charge in [-0.15, -0.1) is 0 Å². The third-order valence-electron chi connectivity index (χ3n) is 3.36. The van der Waals surface area contributed by atoms with E-state index in [1.807, 2.05) is 18.0 Å². The summed E-state index contributed by atoms with van der Waals surface area (Å²) in [5.74, 6) is -0.277. The summed E-state index contributed by atoms with van der Waals surface area (Å²) in [5, 5.41) is 9.06. The van der Waals surface area contributed by atoms with Crippen molar-refractivity contribution in [2.45, 2.75) is 18.9 Å². The van der Waals surface area contributed by atoms with Crippen molar-refractivity contribution in [1.82, 2.24) is 4.90 Å². The van der Waals surface area contributed by atoms with E-state index in [1.165, 1.54) is 17.0 Å². The van der Waals surface area contributed by atoms with E-state index in [2.05, 4.69) is 0 Å². The number of hydrogen-bond acceptors (Lipinski definition) is 2. The Kier molecular flexibility index (Phi) is 3.69. The molecule has 0 unspecified atom stereocenters. The zero-order chi connectivity index (χ0) is 13.1. The minimum absolute atomic E-state index is 0.00392. The van der Waals surface area contributed by atoms with E-state index in [0.717, 1.165) is 18.5 Å². The van der Waals surface area contributed by atoms with E-state index in [4.69, 9.17) is 5.11 Å². The van der Waals surface area contributed by atoms with Gasteiger partial charge in [-0.2, -0.15) is 0 Å². The maximum atomic E-state index is 13.1. The number of benzene rings is 1. The van der Waals surface area contributed by atoms with Gasteiger partial charge in [0.2, 0.25) is 0 Å². The molecule has 1 saturated heterocycles. The predicted molar refractivity (Wildman–Crippen MR) is 67.4 cm³/mol.